The van der Waals surface area contributed by atoms with Gasteiger partial charge in [0.05, 0.1) is 18.3 Å². The first-order valence-electron chi connectivity index (χ1n) is 7.54. The van der Waals surface area contributed by atoms with Gasteiger partial charge >= 0.3 is 6.03 Å². The van der Waals surface area contributed by atoms with Gasteiger partial charge in [-0.25, -0.2) is 4.79 Å². The lowest BCUT2D eigenvalue weighted by Gasteiger charge is -2.26. The van der Waals surface area contributed by atoms with Gasteiger partial charge in [0.2, 0.25) is 0 Å². The number of para-hydroxylation sites is 2. The molecule has 1 N–H and O–H groups in total. The summed E-state index contributed by atoms with van der Waals surface area (Å²) in [7, 11) is 1.76. The van der Waals surface area contributed by atoms with Crippen LogP contribution in [-0.2, 0) is 0 Å². The van der Waals surface area contributed by atoms with E-state index in [0.717, 1.165) is 5.56 Å². The predicted molar refractivity (Wildman–Crippen MR) is 94.3 cm³/mol. The van der Waals surface area contributed by atoms with Gasteiger partial charge in [0, 0.05) is 12.1 Å². The Kier molecular flexibility index (Phi) is 5.88. The minimum Gasteiger partial charge on any atom is -0.492 e. The summed E-state index contributed by atoms with van der Waals surface area (Å²) in [5.41, 5.74) is 1.68. The van der Waals surface area contributed by atoms with E-state index in [1.165, 1.54) is 0 Å². The fraction of sp³-hybridized carbons (Fsp3) is 0.278. The van der Waals surface area contributed by atoms with E-state index in [2.05, 4.69) is 5.32 Å². The van der Waals surface area contributed by atoms with Crippen molar-refractivity contribution < 1.29 is 9.53 Å². The quantitative estimate of drug-likeness (QED) is 0.840. The molecule has 0 saturated heterocycles. The van der Waals surface area contributed by atoms with E-state index < -0.39 is 0 Å². The number of hydrogen-bond donors (Lipinski definition) is 1. The standard InChI is InChI=1S/C18H21ClN2O2/c1-4-23-17-8-6-5-7-16(17)20-18(22)21(3)13(2)14-9-11-15(19)12-10-14/h5-13H,4H2,1-3H3,(H,20,22)/t13-/m0/s1. The van der Waals surface area contributed by atoms with Crippen LogP contribution >= 0.6 is 11.6 Å². The van der Waals surface area contributed by atoms with E-state index in [9.17, 15) is 4.79 Å². The van der Waals surface area contributed by atoms with Crippen molar-refractivity contribution in [2.45, 2.75) is 19.9 Å². The zero-order valence-corrected chi connectivity index (χ0v) is 14.3. The molecule has 122 valence electrons. The molecule has 2 amide bonds. The van der Waals surface area contributed by atoms with Crippen LogP contribution in [0.4, 0.5) is 10.5 Å². The van der Waals surface area contributed by atoms with Crippen molar-refractivity contribution >= 4 is 23.3 Å². The van der Waals surface area contributed by atoms with Gasteiger partial charge < -0.3 is 15.0 Å². The highest BCUT2D eigenvalue weighted by atomic mass is 35.5. The van der Waals surface area contributed by atoms with E-state index in [1.54, 1.807) is 11.9 Å². The van der Waals surface area contributed by atoms with E-state index in [-0.39, 0.29) is 12.1 Å². The number of ether oxygens (including phenoxy) is 1. The fourth-order valence-electron chi connectivity index (χ4n) is 2.20. The summed E-state index contributed by atoms with van der Waals surface area (Å²) in [5, 5.41) is 3.57. The number of urea groups is 1. The molecule has 0 aliphatic heterocycles. The van der Waals surface area contributed by atoms with Crippen LogP contribution in [0.2, 0.25) is 5.02 Å². The summed E-state index contributed by atoms with van der Waals surface area (Å²) in [5.74, 6) is 0.663. The molecule has 0 heterocycles. The first-order valence-corrected chi connectivity index (χ1v) is 7.91. The maximum atomic E-state index is 12.5. The third kappa shape index (κ3) is 4.39. The number of carbonyl (C=O) groups is 1. The third-order valence-electron chi connectivity index (χ3n) is 3.68. The molecule has 0 aliphatic rings. The molecule has 4 nitrogen and oxygen atoms in total. The Morgan fingerprint density at radius 3 is 2.52 bits per heavy atom. The number of amides is 2. The van der Waals surface area contributed by atoms with Crippen molar-refractivity contribution in [2.75, 3.05) is 19.0 Å². The van der Waals surface area contributed by atoms with Crippen LogP contribution in [0.3, 0.4) is 0 Å². The number of hydrogen-bond acceptors (Lipinski definition) is 2. The van der Waals surface area contributed by atoms with E-state index >= 15 is 0 Å². The van der Waals surface area contributed by atoms with Crippen molar-refractivity contribution in [2.24, 2.45) is 0 Å². The summed E-state index contributed by atoms with van der Waals surface area (Å²) in [6, 6.07) is 14.6. The summed E-state index contributed by atoms with van der Waals surface area (Å²) in [4.78, 5) is 14.1. The number of nitrogens with zero attached hydrogens (tertiary/aromatic N) is 1. The maximum Gasteiger partial charge on any atom is 0.322 e. The Hall–Kier alpha value is -2.20. The van der Waals surface area contributed by atoms with Crippen LogP contribution in [-0.4, -0.2) is 24.6 Å². The van der Waals surface area contributed by atoms with Gasteiger partial charge in [-0.1, -0.05) is 35.9 Å². The molecule has 2 rings (SSSR count). The molecule has 2 aromatic carbocycles. The molecule has 0 bridgehead atoms. The second-order valence-electron chi connectivity index (χ2n) is 5.20. The lowest BCUT2D eigenvalue weighted by atomic mass is 10.1. The topological polar surface area (TPSA) is 41.6 Å². The lowest BCUT2D eigenvalue weighted by molar-refractivity contribution is 0.208. The molecule has 0 saturated carbocycles. The molecular weight excluding hydrogens is 312 g/mol. The Bertz CT molecular complexity index is 658. The Labute approximate surface area is 142 Å². The Balaban J connectivity index is 2.09. The molecule has 2 aromatic rings. The highest BCUT2D eigenvalue weighted by Crippen LogP contribution is 2.26. The number of rotatable bonds is 5. The minimum atomic E-state index is -0.195. The van der Waals surface area contributed by atoms with Gasteiger partial charge in [0.1, 0.15) is 5.75 Å². The maximum absolute atomic E-state index is 12.5. The van der Waals surface area contributed by atoms with E-state index in [0.29, 0.717) is 23.1 Å². The molecule has 1 atom stereocenters. The lowest BCUT2D eigenvalue weighted by Crippen LogP contribution is -2.33. The second-order valence-corrected chi connectivity index (χ2v) is 5.63. The normalized spacial score (nSPS) is 11.7. The van der Waals surface area contributed by atoms with Crippen molar-refractivity contribution in [3.8, 4) is 5.75 Å². The van der Waals surface area contributed by atoms with Crippen molar-refractivity contribution in [3.05, 3.63) is 59.1 Å². The zero-order valence-electron chi connectivity index (χ0n) is 13.5. The fourth-order valence-corrected chi connectivity index (χ4v) is 2.32. The second kappa shape index (κ2) is 7.88. The number of nitrogens with one attached hydrogen (secondary N) is 1. The van der Waals surface area contributed by atoms with Crippen LogP contribution in [0.5, 0.6) is 5.75 Å². The molecule has 5 heteroatoms. The van der Waals surface area contributed by atoms with Crippen molar-refractivity contribution in [3.63, 3.8) is 0 Å². The third-order valence-corrected chi connectivity index (χ3v) is 3.93. The summed E-state index contributed by atoms with van der Waals surface area (Å²) >= 11 is 5.91. The van der Waals surface area contributed by atoms with Crippen LogP contribution in [0, 0.1) is 0 Å². The molecular formula is C18H21ClN2O2. The van der Waals surface area contributed by atoms with Crippen LogP contribution in [0.1, 0.15) is 25.5 Å². The molecule has 0 spiro atoms. The molecule has 23 heavy (non-hydrogen) atoms. The average Bonchev–Trinajstić information content (AvgIpc) is 2.56. The van der Waals surface area contributed by atoms with Crippen molar-refractivity contribution in [1.29, 1.82) is 0 Å². The number of halogens is 1. The molecule has 0 aliphatic carbocycles. The van der Waals surface area contributed by atoms with E-state index in [1.807, 2.05) is 62.4 Å². The molecule has 0 unspecified atom stereocenters. The summed E-state index contributed by atoms with van der Waals surface area (Å²) in [6.45, 7) is 4.43. The van der Waals surface area contributed by atoms with Crippen molar-refractivity contribution in [1.82, 2.24) is 4.90 Å². The molecule has 0 fully saturated rings. The first-order chi connectivity index (χ1) is 11.0. The van der Waals surface area contributed by atoms with Gasteiger partial charge in [-0.15, -0.1) is 0 Å². The zero-order chi connectivity index (χ0) is 16.8. The largest absolute Gasteiger partial charge is 0.492 e. The monoisotopic (exact) mass is 332 g/mol. The van der Waals surface area contributed by atoms with Crippen LogP contribution in [0.25, 0.3) is 0 Å². The van der Waals surface area contributed by atoms with E-state index in [4.69, 9.17) is 16.3 Å². The number of benzene rings is 2. The Morgan fingerprint density at radius 1 is 1.22 bits per heavy atom. The predicted octanol–water partition coefficient (Wildman–Crippen LogP) is 4.96. The van der Waals surface area contributed by atoms with Gasteiger partial charge in [-0.2, -0.15) is 0 Å². The Morgan fingerprint density at radius 2 is 1.87 bits per heavy atom. The first kappa shape index (κ1) is 17.2. The van der Waals surface area contributed by atoms with Crippen LogP contribution in [0.15, 0.2) is 48.5 Å². The van der Waals surface area contributed by atoms with Gasteiger partial charge in [0.15, 0.2) is 0 Å². The highest BCUT2D eigenvalue weighted by Gasteiger charge is 2.18. The molecule has 0 aromatic heterocycles. The SMILES string of the molecule is CCOc1ccccc1NC(=O)N(C)[C@@H](C)c1ccc(Cl)cc1. The van der Waals surface area contributed by atoms with Gasteiger partial charge in [0.25, 0.3) is 0 Å². The molecule has 0 radical (unpaired) electrons. The number of carbonyl (C=O) groups excluding carboxylic acids is 1. The summed E-state index contributed by atoms with van der Waals surface area (Å²) in [6.07, 6.45) is 0. The van der Waals surface area contributed by atoms with Gasteiger partial charge in [-0.3, -0.25) is 0 Å². The van der Waals surface area contributed by atoms with Gasteiger partial charge in [-0.05, 0) is 43.7 Å². The number of anilines is 1. The summed E-state index contributed by atoms with van der Waals surface area (Å²) < 4.78 is 5.53. The average molecular weight is 333 g/mol. The highest BCUT2D eigenvalue weighted by molar-refractivity contribution is 6.30. The van der Waals surface area contributed by atoms with Crippen LogP contribution < -0.4 is 10.1 Å². The minimum absolute atomic E-state index is 0.0773. The smallest absolute Gasteiger partial charge is 0.322 e.